The molecule has 5 nitrogen and oxygen atoms in total. The van der Waals surface area contributed by atoms with E-state index < -0.39 is 0 Å². The number of aromatic nitrogens is 2. The lowest BCUT2D eigenvalue weighted by atomic mass is 10.1. The summed E-state index contributed by atoms with van der Waals surface area (Å²) in [5.41, 5.74) is 2.27. The van der Waals surface area contributed by atoms with Gasteiger partial charge in [-0.2, -0.15) is 4.98 Å². The zero-order valence-corrected chi connectivity index (χ0v) is 12.4. The maximum absolute atomic E-state index is 5.37. The van der Waals surface area contributed by atoms with Crippen molar-refractivity contribution < 1.29 is 4.52 Å². The van der Waals surface area contributed by atoms with Crippen LogP contribution < -0.4 is 5.32 Å². The highest BCUT2D eigenvalue weighted by Crippen LogP contribution is 2.20. The topological polar surface area (TPSA) is 54.2 Å². The van der Waals surface area contributed by atoms with Crippen LogP contribution in [0.25, 0.3) is 11.6 Å². The number of nitrogens with one attached hydrogen (secondary N) is 1. The van der Waals surface area contributed by atoms with Crippen LogP contribution >= 0.6 is 0 Å². The van der Waals surface area contributed by atoms with E-state index in [1.54, 1.807) is 0 Å². The van der Waals surface area contributed by atoms with Gasteiger partial charge in [0.1, 0.15) is 0 Å². The molecule has 0 radical (unpaired) electrons. The second-order valence-electron chi connectivity index (χ2n) is 5.38. The molecule has 1 aliphatic heterocycles. The third-order valence-electron chi connectivity index (χ3n) is 3.84. The van der Waals surface area contributed by atoms with E-state index in [9.17, 15) is 0 Å². The Morgan fingerprint density at radius 3 is 2.95 bits per heavy atom. The molecule has 1 unspecified atom stereocenters. The maximum Gasteiger partial charge on any atom is 0.250 e. The number of nitrogens with zero attached hydrogens (tertiary/aromatic N) is 3. The minimum absolute atomic E-state index is 0.182. The first kappa shape index (κ1) is 14.0. The summed E-state index contributed by atoms with van der Waals surface area (Å²) in [6.45, 7) is 4.91. The van der Waals surface area contributed by atoms with Crippen LogP contribution in [-0.4, -0.2) is 41.7 Å². The van der Waals surface area contributed by atoms with Crippen LogP contribution in [0.3, 0.4) is 0 Å². The molecule has 110 valence electrons. The molecule has 0 spiro atoms. The first-order chi connectivity index (χ1) is 10.2. The normalized spacial score (nSPS) is 20.7. The van der Waals surface area contributed by atoms with Crippen molar-refractivity contribution in [3.05, 3.63) is 47.6 Å². The van der Waals surface area contributed by atoms with Crippen LogP contribution in [0.5, 0.6) is 0 Å². The molecule has 2 heterocycles. The number of hydrogen-bond donors (Lipinski definition) is 1. The molecule has 0 saturated carbocycles. The third-order valence-corrected chi connectivity index (χ3v) is 3.84. The van der Waals surface area contributed by atoms with Gasteiger partial charge in [0.15, 0.2) is 5.82 Å². The molecular weight excluding hydrogens is 264 g/mol. The second kappa shape index (κ2) is 6.20. The van der Waals surface area contributed by atoms with Crippen LogP contribution in [-0.2, 0) is 0 Å². The van der Waals surface area contributed by atoms with Crippen LogP contribution in [0.4, 0.5) is 0 Å². The molecule has 0 aliphatic carbocycles. The summed E-state index contributed by atoms with van der Waals surface area (Å²) in [5.74, 6) is 1.31. The monoisotopic (exact) mass is 284 g/mol. The fraction of sp³-hybridized carbons (Fsp3) is 0.375. The van der Waals surface area contributed by atoms with E-state index in [0.717, 1.165) is 36.6 Å². The van der Waals surface area contributed by atoms with Gasteiger partial charge in [0, 0.05) is 25.7 Å². The molecule has 1 aliphatic rings. The summed E-state index contributed by atoms with van der Waals surface area (Å²) in [5, 5.41) is 7.49. The molecule has 1 fully saturated rings. The molecule has 1 aromatic heterocycles. The summed E-state index contributed by atoms with van der Waals surface area (Å²) in [6.07, 6.45) is 1.93. The molecule has 3 rings (SSSR count). The van der Waals surface area contributed by atoms with Crippen molar-refractivity contribution in [1.82, 2.24) is 20.4 Å². The van der Waals surface area contributed by atoms with Gasteiger partial charge in [-0.15, -0.1) is 0 Å². The average Bonchev–Trinajstić information content (AvgIpc) is 2.97. The number of likely N-dealkylation sites (N-methyl/N-ethyl adjacent to an activating group) is 1. The van der Waals surface area contributed by atoms with Crippen LogP contribution in [0.15, 0.2) is 34.9 Å². The van der Waals surface area contributed by atoms with Gasteiger partial charge in [0.25, 0.3) is 5.89 Å². The molecule has 1 N–H and O–H groups in total. The van der Waals surface area contributed by atoms with Crippen molar-refractivity contribution in [2.24, 2.45) is 0 Å². The van der Waals surface area contributed by atoms with Gasteiger partial charge < -0.3 is 9.84 Å². The van der Waals surface area contributed by atoms with Crippen molar-refractivity contribution >= 4 is 11.6 Å². The maximum atomic E-state index is 5.37. The summed E-state index contributed by atoms with van der Waals surface area (Å²) in [4.78, 5) is 6.76. The molecular formula is C16H20N4O. The quantitative estimate of drug-likeness (QED) is 0.936. The van der Waals surface area contributed by atoms with Crippen LogP contribution in [0.1, 0.15) is 30.2 Å². The molecule has 1 saturated heterocycles. The SMILES string of the molecule is C/C(=C/c1nc(C2CNCCN2C)no1)c1ccccc1. The Bertz CT molecular complexity index is 620. The summed E-state index contributed by atoms with van der Waals surface area (Å²) in [6, 6.07) is 10.4. The first-order valence-electron chi connectivity index (χ1n) is 7.22. The van der Waals surface area contributed by atoms with E-state index in [1.807, 2.05) is 31.2 Å². The third kappa shape index (κ3) is 3.20. The largest absolute Gasteiger partial charge is 0.335 e. The van der Waals surface area contributed by atoms with Gasteiger partial charge >= 0.3 is 0 Å². The zero-order valence-electron chi connectivity index (χ0n) is 12.4. The van der Waals surface area contributed by atoms with Crippen molar-refractivity contribution in [2.75, 3.05) is 26.7 Å². The lowest BCUT2D eigenvalue weighted by molar-refractivity contribution is 0.190. The summed E-state index contributed by atoms with van der Waals surface area (Å²) < 4.78 is 5.37. The van der Waals surface area contributed by atoms with Crippen LogP contribution in [0.2, 0.25) is 0 Å². The van der Waals surface area contributed by atoms with Gasteiger partial charge in [-0.1, -0.05) is 35.5 Å². The van der Waals surface area contributed by atoms with Crippen molar-refractivity contribution in [3.63, 3.8) is 0 Å². The second-order valence-corrected chi connectivity index (χ2v) is 5.38. The minimum atomic E-state index is 0.182. The lowest BCUT2D eigenvalue weighted by Gasteiger charge is -2.30. The smallest absolute Gasteiger partial charge is 0.250 e. The predicted molar refractivity (Wildman–Crippen MR) is 82.5 cm³/mol. The average molecular weight is 284 g/mol. The van der Waals surface area contributed by atoms with E-state index in [4.69, 9.17) is 4.52 Å². The number of hydrogen-bond acceptors (Lipinski definition) is 5. The highest BCUT2D eigenvalue weighted by molar-refractivity contribution is 5.77. The molecule has 0 amide bonds. The highest BCUT2D eigenvalue weighted by atomic mass is 16.5. The Labute approximate surface area is 124 Å². The fourth-order valence-corrected chi connectivity index (χ4v) is 2.51. The Morgan fingerprint density at radius 1 is 1.38 bits per heavy atom. The highest BCUT2D eigenvalue weighted by Gasteiger charge is 2.24. The molecule has 1 atom stereocenters. The zero-order chi connectivity index (χ0) is 14.7. The first-order valence-corrected chi connectivity index (χ1v) is 7.22. The van der Waals surface area contributed by atoms with E-state index in [-0.39, 0.29) is 6.04 Å². The van der Waals surface area contributed by atoms with Gasteiger partial charge in [-0.3, -0.25) is 4.90 Å². The predicted octanol–water partition coefficient (Wildman–Crippen LogP) is 2.21. The molecule has 1 aromatic carbocycles. The Balaban J connectivity index is 1.79. The number of piperazine rings is 1. The number of rotatable bonds is 3. The van der Waals surface area contributed by atoms with Gasteiger partial charge in [0.2, 0.25) is 0 Å². The van der Waals surface area contributed by atoms with Crippen molar-refractivity contribution in [3.8, 4) is 0 Å². The van der Waals surface area contributed by atoms with Crippen molar-refractivity contribution in [2.45, 2.75) is 13.0 Å². The molecule has 0 bridgehead atoms. The Kier molecular flexibility index (Phi) is 4.13. The standard InChI is InChI=1S/C16H20N4O/c1-12(13-6-4-3-5-7-13)10-15-18-16(19-21-15)14-11-17-8-9-20(14)2/h3-7,10,14,17H,8-9,11H2,1-2H3/b12-10-. The van der Waals surface area contributed by atoms with Gasteiger partial charge in [0.05, 0.1) is 6.04 Å². The van der Waals surface area contributed by atoms with Gasteiger partial charge in [-0.25, -0.2) is 0 Å². The Hall–Kier alpha value is -1.98. The molecule has 5 heteroatoms. The molecule has 2 aromatic rings. The van der Waals surface area contributed by atoms with Crippen LogP contribution in [0, 0.1) is 0 Å². The fourth-order valence-electron chi connectivity index (χ4n) is 2.51. The number of benzene rings is 1. The van der Waals surface area contributed by atoms with E-state index in [2.05, 4.69) is 39.5 Å². The Morgan fingerprint density at radius 2 is 2.19 bits per heavy atom. The molecule has 21 heavy (non-hydrogen) atoms. The summed E-state index contributed by atoms with van der Waals surface area (Å²) in [7, 11) is 2.09. The van der Waals surface area contributed by atoms with Crippen molar-refractivity contribution in [1.29, 1.82) is 0 Å². The summed E-state index contributed by atoms with van der Waals surface area (Å²) >= 11 is 0. The number of allylic oxidation sites excluding steroid dienone is 1. The van der Waals surface area contributed by atoms with E-state index in [0.29, 0.717) is 5.89 Å². The van der Waals surface area contributed by atoms with E-state index >= 15 is 0 Å². The van der Waals surface area contributed by atoms with Gasteiger partial charge in [-0.05, 0) is 25.1 Å². The lowest BCUT2D eigenvalue weighted by Crippen LogP contribution is -2.44. The minimum Gasteiger partial charge on any atom is -0.335 e. The van der Waals surface area contributed by atoms with E-state index in [1.165, 1.54) is 0 Å².